The summed E-state index contributed by atoms with van der Waals surface area (Å²) in [6.07, 6.45) is 1.57. The van der Waals surface area contributed by atoms with E-state index in [2.05, 4.69) is 34.2 Å². The van der Waals surface area contributed by atoms with Gasteiger partial charge in [-0.2, -0.15) is 5.26 Å². The second-order valence-corrected chi connectivity index (χ2v) is 6.62. The van der Waals surface area contributed by atoms with Crippen LogP contribution in [0.1, 0.15) is 6.92 Å². The molecule has 0 saturated heterocycles. The number of thiophene rings is 1. The van der Waals surface area contributed by atoms with Crippen molar-refractivity contribution in [2.75, 3.05) is 0 Å². The number of fused-ring (bicyclic) bond motifs is 1. The maximum absolute atomic E-state index is 8.94. The second kappa shape index (κ2) is 5.61. The van der Waals surface area contributed by atoms with Crippen LogP contribution in [0.15, 0.2) is 47.8 Å². The molecule has 20 heavy (non-hydrogen) atoms. The fraction of sp³-hybridized carbons (Fsp3) is 0.133. The van der Waals surface area contributed by atoms with E-state index < -0.39 is 0 Å². The third-order valence-corrected chi connectivity index (χ3v) is 4.92. The Morgan fingerprint density at radius 2 is 2.05 bits per heavy atom. The number of nitrogens with zero attached hydrogens (tertiary/aromatic N) is 3. The van der Waals surface area contributed by atoms with Crippen molar-refractivity contribution < 1.29 is 0 Å². The zero-order chi connectivity index (χ0) is 13.9. The van der Waals surface area contributed by atoms with Crippen LogP contribution in [0, 0.1) is 11.3 Å². The van der Waals surface area contributed by atoms with Gasteiger partial charge in [-0.3, -0.25) is 0 Å². The van der Waals surface area contributed by atoms with Gasteiger partial charge in [0, 0.05) is 10.3 Å². The smallest absolute Gasteiger partial charge is 0.128 e. The summed E-state index contributed by atoms with van der Waals surface area (Å²) in [5.74, 6) is 0. The minimum Gasteiger partial charge on any atom is -0.229 e. The van der Waals surface area contributed by atoms with Crippen molar-refractivity contribution in [3.8, 4) is 16.5 Å². The monoisotopic (exact) mass is 297 g/mol. The average molecular weight is 297 g/mol. The van der Waals surface area contributed by atoms with Crippen molar-refractivity contribution in [2.45, 2.75) is 17.2 Å². The summed E-state index contributed by atoms with van der Waals surface area (Å²) in [5.41, 5.74) is 1.18. The minimum atomic E-state index is -0.117. The minimum absolute atomic E-state index is 0.117. The van der Waals surface area contributed by atoms with Gasteiger partial charge in [-0.15, -0.1) is 11.3 Å². The lowest BCUT2D eigenvalue weighted by Crippen LogP contribution is -1.92. The average Bonchev–Trinajstić information content (AvgIpc) is 2.93. The zero-order valence-electron chi connectivity index (χ0n) is 10.8. The Morgan fingerprint density at radius 1 is 1.25 bits per heavy atom. The molecule has 0 fully saturated rings. The maximum atomic E-state index is 8.94. The first kappa shape index (κ1) is 13.1. The molecule has 0 unspecified atom stereocenters. The summed E-state index contributed by atoms with van der Waals surface area (Å²) in [4.78, 5) is 10.8. The molecule has 0 aliphatic rings. The van der Waals surface area contributed by atoms with Gasteiger partial charge in [-0.1, -0.05) is 42.1 Å². The summed E-state index contributed by atoms with van der Waals surface area (Å²) in [5, 5.41) is 10.7. The predicted octanol–water partition coefficient (Wildman–Crippen LogP) is 4.36. The Kier molecular flexibility index (Phi) is 3.68. The van der Waals surface area contributed by atoms with Crippen LogP contribution < -0.4 is 0 Å². The van der Waals surface area contributed by atoms with Crippen molar-refractivity contribution in [3.63, 3.8) is 0 Å². The number of hydrogen-bond donors (Lipinski definition) is 0. The highest BCUT2D eigenvalue weighted by Crippen LogP contribution is 2.36. The summed E-state index contributed by atoms with van der Waals surface area (Å²) in [6, 6.07) is 14.6. The van der Waals surface area contributed by atoms with Gasteiger partial charge in [0.25, 0.3) is 0 Å². The normalized spacial score (nSPS) is 12.2. The molecule has 0 saturated carbocycles. The molecule has 3 nitrogen and oxygen atoms in total. The van der Waals surface area contributed by atoms with Gasteiger partial charge < -0.3 is 0 Å². The highest BCUT2D eigenvalue weighted by molar-refractivity contribution is 8.00. The molecule has 2 aromatic heterocycles. The molecule has 0 aliphatic carbocycles. The van der Waals surface area contributed by atoms with E-state index in [1.807, 2.05) is 25.1 Å². The lowest BCUT2D eigenvalue weighted by molar-refractivity contribution is 1.10. The van der Waals surface area contributed by atoms with E-state index in [1.54, 1.807) is 17.7 Å². The third-order valence-electron chi connectivity index (χ3n) is 2.82. The first-order valence-corrected chi connectivity index (χ1v) is 7.84. The van der Waals surface area contributed by atoms with Gasteiger partial charge in [0.2, 0.25) is 0 Å². The molecule has 0 amide bonds. The van der Waals surface area contributed by atoms with Crippen LogP contribution in [-0.2, 0) is 0 Å². The Bertz CT molecular complexity index is 775. The molecule has 2 heterocycles. The molecule has 0 spiro atoms. The highest BCUT2D eigenvalue weighted by Gasteiger charge is 2.12. The number of aromatic nitrogens is 2. The molecule has 98 valence electrons. The van der Waals surface area contributed by atoms with Crippen LogP contribution >= 0.6 is 23.1 Å². The van der Waals surface area contributed by atoms with Crippen molar-refractivity contribution in [1.82, 2.24) is 9.97 Å². The largest absolute Gasteiger partial charge is 0.229 e. The Morgan fingerprint density at radius 3 is 2.80 bits per heavy atom. The Hall–Kier alpha value is -1.90. The molecule has 1 atom stereocenters. The standard InChI is InChI=1S/C15H11N3S2/c1-10(8-16)19-14-12-7-13(11-5-3-2-4-6-11)20-15(12)18-9-17-14/h2-7,9-10H,1H3/t10-/m0/s1. The van der Waals surface area contributed by atoms with E-state index in [1.165, 1.54) is 22.2 Å². The molecule has 0 aliphatic heterocycles. The summed E-state index contributed by atoms with van der Waals surface area (Å²) >= 11 is 3.13. The molecule has 0 bridgehead atoms. The first-order chi connectivity index (χ1) is 9.78. The lowest BCUT2D eigenvalue weighted by atomic mass is 10.2. The number of rotatable bonds is 3. The highest BCUT2D eigenvalue weighted by atomic mass is 32.2. The fourth-order valence-electron chi connectivity index (χ4n) is 1.87. The van der Waals surface area contributed by atoms with Crippen molar-refractivity contribution in [2.24, 2.45) is 0 Å². The molecule has 0 N–H and O–H groups in total. The maximum Gasteiger partial charge on any atom is 0.128 e. The topological polar surface area (TPSA) is 49.6 Å². The predicted molar refractivity (Wildman–Crippen MR) is 83.8 cm³/mol. The van der Waals surface area contributed by atoms with E-state index in [0.29, 0.717) is 0 Å². The third kappa shape index (κ3) is 2.53. The van der Waals surface area contributed by atoms with Crippen LogP contribution in [-0.4, -0.2) is 15.2 Å². The lowest BCUT2D eigenvalue weighted by Gasteiger charge is -2.01. The van der Waals surface area contributed by atoms with E-state index in [-0.39, 0.29) is 5.25 Å². The molecule has 3 rings (SSSR count). The van der Waals surface area contributed by atoms with Gasteiger partial charge in [-0.05, 0) is 18.6 Å². The molecular weight excluding hydrogens is 286 g/mol. The van der Waals surface area contributed by atoms with Crippen LogP contribution in [0.25, 0.3) is 20.7 Å². The molecule has 0 radical (unpaired) electrons. The number of thioether (sulfide) groups is 1. The van der Waals surface area contributed by atoms with Gasteiger partial charge in [0.15, 0.2) is 0 Å². The van der Waals surface area contributed by atoms with Gasteiger partial charge in [0.1, 0.15) is 16.2 Å². The van der Waals surface area contributed by atoms with E-state index in [4.69, 9.17) is 5.26 Å². The fourth-order valence-corrected chi connectivity index (χ4v) is 3.71. The second-order valence-electron chi connectivity index (χ2n) is 4.26. The van der Waals surface area contributed by atoms with Crippen molar-refractivity contribution in [3.05, 3.63) is 42.7 Å². The molecule has 3 aromatic rings. The van der Waals surface area contributed by atoms with Crippen molar-refractivity contribution in [1.29, 1.82) is 5.26 Å². The first-order valence-electron chi connectivity index (χ1n) is 6.14. The molecule has 5 heteroatoms. The summed E-state index contributed by atoms with van der Waals surface area (Å²) < 4.78 is 0. The molecule has 1 aromatic carbocycles. The van der Waals surface area contributed by atoms with Gasteiger partial charge in [-0.25, -0.2) is 9.97 Å². The van der Waals surface area contributed by atoms with Crippen LogP contribution in [0.2, 0.25) is 0 Å². The van der Waals surface area contributed by atoms with Crippen LogP contribution in [0.5, 0.6) is 0 Å². The summed E-state index contributed by atoms with van der Waals surface area (Å²) in [7, 11) is 0. The number of benzene rings is 1. The van der Waals surface area contributed by atoms with Crippen molar-refractivity contribution >= 4 is 33.3 Å². The Labute approximate surface area is 125 Å². The Balaban J connectivity index is 2.08. The van der Waals surface area contributed by atoms with Gasteiger partial charge in [0.05, 0.1) is 11.3 Å². The van der Waals surface area contributed by atoms with Crippen LogP contribution in [0.4, 0.5) is 0 Å². The zero-order valence-corrected chi connectivity index (χ0v) is 12.4. The van der Waals surface area contributed by atoms with E-state index in [0.717, 1.165) is 15.2 Å². The van der Waals surface area contributed by atoms with E-state index in [9.17, 15) is 0 Å². The quantitative estimate of drug-likeness (QED) is 0.532. The number of hydrogen-bond acceptors (Lipinski definition) is 5. The summed E-state index contributed by atoms with van der Waals surface area (Å²) in [6.45, 7) is 1.88. The van der Waals surface area contributed by atoms with Gasteiger partial charge >= 0.3 is 0 Å². The SMILES string of the molecule is C[C@@H](C#N)Sc1ncnc2sc(-c3ccccc3)cc12. The number of nitriles is 1. The van der Waals surface area contributed by atoms with Crippen LogP contribution in [0.3, 0.4) is 0 Å². The molecular formula is C15H11N3S2. The van der Waals surface area contributed by atoms with E-state index >= 15 is 0 Å².